The number of nitrogens with one attached hydrogen (secondary N) is 2. The van der Waals surface area contributed by atoms with Crippen LogP contribution in [0.25, 0.3) is 0 Å². The zero-order chi connectivity index (χ0) is 15.9. The Hall–Kier alpha value is -2.37. The highest BCUT2D eigenvalue weighted by Gasteiger charge is 2.25. The Morgan fingerprint density at radius 2 is 2.14 bits per heavy atom. The van der Waals surface area contributed by atoms with Crippen LogP contribution in [-0.2, 0) is 16.1 Å². The standard InChI is InChI=1S/C16H22N4O2/c1-3-7-14(21)18-12(2)15-16(22)17-11-20(19-15)10-13-8-5-4-6-9-13/h4-6,8-9,12H,3,7,10-11H2,1-2H3,(H,17,22)(H,18,21). The van der Waals surface area contributed by atoms with Gasteiger partial charge < -0.3 is 10.6 Å². The van der Waals surface area contributed by atoms with Gasteiger partial charge in [0.05, 0.1) is 12.6 Å². The van der Waals surface area contributed by atoms with Crippen molar-refractivity contribution in [3.8, 4) is 0 Å². The largest absolute Gasteiger partial charge is 0.348 e. The van der Waals surface area contributed by atoms with Gasteiger partial charge in [0, 0.05) is 6.42 Å². The minimum atomic E-state index is -0.405. The van der Waals surface area contributed by atoms with Crippen molar-refractivity contribution < 1.29 is 9.59 Å². The molecule has 1 aromatic carbocycles. The second-order valence-electron chi connectivity index (χ2n) is 5.34. The summed E-state index contributed by atoms with van der Waals surface area (Å²) in [5, 5.41) is 11.8. The molecule has 2 rings (SSSR count). The molecule has 6 nitrogen and oxygen atoms in total. The van der Waals surface area contributed by atoms with Gasteiger partial charge in [-0.1, -0.05) is 37.3 Å². The predicted octanol–water partition coefficient (Wildman–Crippen LogP) is 1.24. The van der Waals surface area contributed by atoms with Gasteiger partial charge in [0.15, 0.2) is 0 Å². The summed E-state index contributed by atoms with van der Waals surface area (Å²) < 4.78 is 0. The molecule has 0 bridgehead atoms. The van der Waals surface area contributed by atoms with E-state index in [4.69, 9.17) is 0 Å². The normalized spacial score (nSPS) is 15.8. The summed E-state index contributed by atoms with van der Waals surface area (Å²) >= 11 is 0. The van der Waals surface area contributed by atoms with E-state index in [-0.39, 0.29) is 11.8 Å². The third-order valence-electron chi connectivity index (χ3n) is 3.38. The molecule has 0 aliphatic carbocycles. The molecule has 1 aliphatic rings. The van der Waals surface area contributed by atoms with Crippen LogP contribution in [0.5, 0.6) is 0 Å². The topological polar surface area (TPSA) is 73.8 Å². The van der Waals surface area contributed by atoms with Crippen LogP contribution < -0.4 is 10.6 Å². The average molecular weight is 302 g/mol. The molecule has 2 N–H and O–H groups in total. The first kappa shape index (κ1) is 16.0. The van der Waals surface area contributed by atoms with Gasteiger partial charge in [0.2, 0.25) is 5.91 Å². The fourth-order valence-corrected chi connectivity index (χ4v) is 2.26. The first-order chi connectivity index (χ1) is 10.6. The van der Waals surface area contributed by atoms with Gasteiger partial charge in [-0.25, -0.2) is 0 Å². The molecule has 22 heavy (non-hydrogen) atoms. The molecule has 1 aromatic rings. The molecule has 1 aliphatic heterocycles. The first-order valence-corrected chi connectivity index (χ1v) is 7.55. The number of benzene rings is 1. The first-order valence-electron chi connectivity index (χ1n) is 7.55. The summed E-state index contributed by atoms with van der Waals surface area (Å²) in [5.41, 5.74) is 1.45. The lowest BCUT2D eigenvalue weighted by Crippen LogP contribution is -2.52. The van der Waals surface area contributed by atoms with Crippen molar-refractivity contribution in [3.63, 3.8) is 0 Å². The van der Waals surface area contributed by atoms with Gasteiger partial charge in [0.1, 0.15) is 12.4 Å². The average Bonchev–Trinajstić information content (AvgIpc) is 2.50. The van der Waals surface area contributed by atoms with Crippen molar-refractivity contribution >= 4 is 17.5 Å². The Kier molecular flexibility index (Phi) is 5.52. The molecule has 0 fully saturated rings. The van der Waals surface area contributed by atoms with Crippen LogP contribution in [0.1, 0.15) is 32.3 Å². The second kappa shape index (κ2) is 7.59. The van der Waals surface area contributed by atoms with Crippen molar-refractivity contribution in [1.82, 2.24) is 15.6 Å². The fraction of sp³-hybridized carbons (Fsp3) is 0.438. The van der Waals surface area contributed by atoms with Crippen LogP contribution in [0.3, 0.4) is 0 Å². The molecule has 0 saturated carbocycles. The van der Waals surface area contributed by atoms with E-state index >= 15 is 0 Å². The van der Waals surface area contributed by atoms with E-state index in [1.54, 1.807) is 11.9 Å². The lowest BCUT2D eigenvalue weighted by atomic mass is 10.1. The number of hydrazone groups is 1. The molecule has 6 heteroatoms. The number of carbonyl (C=O) groups is 2. The third-order valence-corrected chi connectivity index (χ3v) is 3.38. The molecule has 0 saturated heterocycles. The number of nitrogens with zero attached hydrogens (tertiary/aromatic N) is 2. The SMILES string of the molecule is CCCC(=O)NC(C)C1=NN(Cc2ccccc2)CNC1=O. The molecule has 0 radical (unpaired) electrons. The lowest BCUT2D eigenvalue weighted by molar-refractivity contribution is -0.121. The van der Waals surface area contributed by atoms with E-state index in [1.165, 1.54) is 0 Å². The molecular weight excluding hydrogens is 280 g/mol. The number of rotatable bonds is 6. The second-order valence-corrected chi connectivity index (χ2v) is 5.34. The van der Waals surface area contributed by atoms with Crippen LogP contribution in [-0.4, -0.2) is 35.2 Å². The van der Waals surface area contributed by atoms with Gasteiger partial charge >= 0.3 is 0 Å². The van der Waals surface area contributed by atoms with Crippen LogP contribution in [0, 0.1) is 0 Å². The van der Waals surface area contributed by atoms with Crippen LogP contribution in [0.4, 0.5) is 0 Å². The van der Waals surface area contributed by atoms with E-state index in [1.807, 2.05) is 37.3 Å². The van der Waals surface area contributed by atoms with Crippen molar-refractivity contribution in [3.05, 3.63) is 35.9 Å². The van der Waals surface area contributed by atoms with Crippen molar-refractivity contribution in [2.45, 2.75) is 39.3 Å². The Morgan fingerprint density at radius 3 is 2.82 bits per heavy atom. The number of hydrogen-bond acceptors (Lipinski definition) is 4. The van der Waals surface area contributed by atoms with Gasteiger partial charge in [-0.05, 0) is 18.9 Å². The highest BCUT2D eigenvalue weighted by atomic mass is 16.2. The maximum Gasteiger partial charge on any atom is 0.271 e. The van der Waals surface area contributed by atoms with E-state index in [9.17, 15) is 9.59 Å². The van der Waals surface area contributed by atoms with E-state index in [2.05, 4.69) is 15.7 Å². The summed E-state index contributed by atoms with van der Waals surface area (Å²) in [4.78, 5) is 23.6. The number of amides is 2. The maximum absolute atomic E-state index is 12.0. The van der Waals surface area contributed by atoms with Gasteiger partial charge in [-0.3, -0.25) is 14.6 Å². The van der Waals surface area contributed by atoms with Gasteiger partial charge in [0.25, 0.3) is 5.91 Å². The molecule has 1 atom stereocenters. The molecule has 0 aromatic heterocycles. The predicted molar refractivity (Wildman–Crippen MR) is 84.9 cm³/mol. The van der Waals surface area contributed by atoms with Crippen molar-refractivity contribution in [2.75, 3.05) is 6.67 Å². The van der Waals surface area contributed by atoms with Crippen LogP contribution in [0.2, 0.25) is 0 Å². The van der Waals surface area contributed by atoms with Crippen LogP contribution >= 0.6 is 0 Å². The molecule has 118 valence electrons. The highest BCUT2D eigenvalue weighted by Crippen LogP contribution is 2.08. The Bertz CT molecular complexity index is 557. The molecule has 1 unspecified atom stereocenters. The maximum atomic E-state index is 12.0. The lowest BCUT2D eigenvalue weighted by Gasteiger charge is -2.28. The Labute approximate surface area is 130 Å². The summed E-state index contributed by atoms with van der Waals surface area (Å²) in [6.07, 6.45) is 1.23. The van der Waals surface area contributed by atoms with Crippen molar-refractivity contribution in [1.29, 1.82) is 0 Å². The summed E-state index contributed by atoms with van der Waals surface area (Å²) in [7, 11) is 0. The monoisotopic (exact) mass is 302 g/mol. The minimum absolute atomic E-state index is 0.0642. The summed E-state index contributed by atoms with van der Waals surface area (Å²) in [6.45, 7) is 4.70. The van der Waals surface area contributed by atoms with E-state index in [0.717, 1.165) is 12.0 Å². The zero-order valence-corrected chi connectivity index (χ0v) is 13.0. The molecular formula is C16H22N4O2. The highest BCUT2D eigenvalue weighted by molar-refractivity contribution is 6.41. The van der Waals surface area contributed by atoms with Gasteiger partial charge in [-0.2, -0.15) is 5.10 Å². The quantitative estimate of drug-likeness (QED) is 0.830. The summed E-state index contributed by atoms with van der Waals surface area (Å²) in [6, 6.07) is 9.52. The van der Waals surface area contributed by atoms with E-state index in [0.29, 0.717) is 25.3 Å². The number of hydrogen-bond donors (Lipinski definition) is 2. The molecule has 0 spiro atoms. The Morgan fingerprint density at radius 1 is 1.41 bits per heavy atom. The number of carbonyl (C=O) groups excluding carboxylic acids is 2. The van der Waals surface area contributed by atoms with Gasteiger partial charge in [-0.15, -0.1) is 0 Å². The smallest absolute Gasteiger partial charge is 0.271 e. The van der Waals surface area contributed by atoms with Crippen LogP contribution in [0.15, 0.2) is 35.4 Å². The molecule has 1 heterocycles. The van der Waals surface area contributed by atoms with Crippen molar-refractivity contribution in [2.24, 2.45) is 5.10 Å². The Balaban J connectivity index is 2.04. The van der Waals surface area contributed by atoms with E-state index < -0.39 is 6.04 Å². The molecule has 2 amide bonds. The fourth-order valence-electron chi connectivity index (χ4n) is 2.26. The summed E-state index contributed by atoms with van der Waals surface area (Å²) in [5.74, 6) is -0.292. The minimum Gasteiger partial charge on any atom is -0.348 e. The zero-order valence-electron chi connectivity index (χ0n) is 13.0. The third kappa shape index (κ3) is 4.31.